The summed E-state index contributed by atoms with van der Waals surface area (Å²) in [5.41, 5.74) is 0.386. The molecule has 1 unspecified atom stereocenters. The molecule has 0 aromatic carbocycles. The molecule has 0 aliphatic carbocycles. The summed E-state index contributed by atoms with van der Waals surface area (Å²) in [7, 11) is 2.63. The Morgan fingerprint density at radius 1 is 0.889 bits per heavy atom. The summed E-state index contributed by atoms with van der Waals surface area (Å²) in [5.74, 6) is 0. The molecular weight excluding hydrogens is 244 g/mol. The van der Waals surface area contributed by atoms with E-state index in [9.17, 15) is 0 Å². The van der Waals surface area contributed by atoms with Gasteiger partial charge in [0, 0.05) is 26.9 Å². The zero-order valence-electron chi connectivity index (χ0n) is 12.7. The third-order valence-corrected chi connectivity index (χ3v) is 6.85. The van der Waals surface area contributed by atoms with Gasteiger partial charge in [0.05, 0.1) is 0 Å². The molecule has 0 aliphatic rings. The molecule has 0 aromatic rings. The summed E-state index contributed by atoms with van der Waals surface area (Å²) in [4.78, 5) is 0. The lowest BCUT2D eigenvalue weighted by atomic mass is 10.1. The number of hydrogen-bond acceptors (Lipinski definition) is 3. The molecule has 0 aromatic heterocycles. The van der Waals surface area contributed by atoms with Crippen LogP contribution in [0.5, 0.6) is 0 Å². The molecule has 0 bridgehead atoms. The van der Waals surface area contributed by atoms with Gasteiger partial charge in [-0.15, -0.1) is 0 Å². The molecule has 1 radical (unpaired) electrons. The Morgan fingerprint density at radius 2 is 1.44 bits per heavy atom. The Balaban J connectivity index is 4.26. The first-order valence-corrected chi connectivity index (χ1v) is 8.95. The summed E-state index contributed by atoms with van der Waals surface area (Å²) in [6.07, 6.45) is 9.53. The Labute approximate surface area is 115 Å². The van der Waals surface area contributed by atoms with Crippen molar-refractivity contribution in [3.05, 3.63) is 6.92 Å². The van der Waals surface area contributed by atoms with Crippen LogP contribution in [0.3, 0.4) is 0 Å². The molecule has 0 rings (SSSR count). The molecule has 0 fully saturated rings. The van der Waals surface area contributed by atoms with Gasteiger partial charge in [-0.25, -0.2) is 0 Å². The fourth-order valence-corrected chi connectivity index (χ4v) is 5.10. The van der Waals surface area contributed by atoms with Crippen molar-refractivity contribution in [3.8, 4) is 0 Å². The highest BCUT2D eigenvalue weighted by atomic mass is 28.4. The van der Waals surface area contributed by atoms with Gasteiger partial charge in [0.2, 0.25) is 0 Å². The van der Waals surface area contributed by atoms with E-state index >= 15 is 0 Å². The van der Waals surface area contributed by atoms with Crippen molar-refractivity contribution in [3.63, 3.8) is 0 Å². The molecule has 0 amide bonds. The smallest absolute Gasteiger partial charge is 0.377 e. The van der Waals surface area contributed by atoms with Crippen molar-refractivity contribution >= 4 is 8.80 Å². The summed E-state index contributed by atoms with van der Waals surface area (Å²) in [6.45, 7) is 6.20. The van der Waals surface area contributed by atoms with Crippen LogP contribution in [-0.2, 0) is 13.3 Å². The van der Waals surface area contributed by atoms with Gasteiger partial charge in [-0.2, -0.15) is 0 Å². The molecule has 4 heteroatoms. The molecule has 3 nitrogen and oxygen atoms in total. The van der Waals surface area contributed by atoms with E-state index in [1.807, 2.05) is 0 Å². The highest BCUT2D eigenvalue weighted by Gasteiger charge is 2.45. The second-order valence-electron chi connectivity index (χ2n) is 4.76. The first-order valence-electron chi connectivity index (χ1n) is 7.15. The van der Waals surface area contributed by atoms with Crippen molar-refractivity contribution in [2.24, 2.45) is 0 Å². The number of rotatable bonds is 12. The molecule has 18 heavy (non-hydrogen) atoms. The fraction of sp³-hybridized carbons (Fsp3) is 0.929. The van der Waals surface area contributed by atoms with Crippen molar-refractivity contribution in [2.45, 2.75) is 63.8 Å². The lowest BCUT2D eigenvalue weighted by molar-refractivity contribution is 0.107. The zero-order chi connectivity index (χ0) is 13.9. The average Bonchev–Trinajstić information content (AvgIpc) is 2.41. The molecule has 0 aliphatic heterocycles. The largest absolute Gasteiger partial charge is 0.503 e. The minimum absolute atomic E-state index is 0.386. The average molecular weight is 275 g/mol. The van der Waals surface area contributed by atoms with E-state index in [1.165, 1.54) is 32.1 Å². The molecule has 0 N–H and O–H groups in total. The molecular formula is C14H31O3Si. The van der Waals surface area contributed by atoms with Crippen LogP contribution in [0.25, 0.3) is 0 Å². The van der Waals surface area contributed by atoms with E-state index in [0.717, 1.165) is 19.3 Å². The van der Waals surface area contributed by atoms with Crippen LogP contribution in [0, 0.1) is 6.92 Å². The quantitative estimate of drug-likeness (QED) is 0.394. The molecule has 1 atom stereocenters. The highest BCUT2D eigenvalue weighted by molar-refractivity contribution is 6.62. The first-order chi connectivity index (χ1) is 8.70. The monoisotopic (exact) mass is 275 g/mol. The normalized spacial score (nSPS) is 13.8. The molecule has 0 spiro atoms. The summed E-state index contributed by atoms with van der Waals surface area (Å²) in [6, 6.07) is 0. The van der Waals surface area contributed by atoms with E-state index in [0.29, 0.717) is 5.54 Å². The van der Waals surface area contributed by atoms with Crippen LogP contribution in [0.15, 0.2) is 0 Å². The minimum atomic E-state index is -2.48. The minimum Gasteiger partial charge on any atom is -0.377 e. The van der Waals surface area contributed by atoms with Crippen LogP contribution in [0.1, 0.15) is 58.3 Å². The predicted octanol–water partition coefficient (Wildman–Crippen LogP) is 4.21. The van der Waals surface area contributed by atoms with Crippen molar-refractivity contribution < 1.29 is 13.3 Å². The number of unbranched alkanes of at least 4 members (excludes halogenated alkanes) is 4. The Hall–Kier alpha value is 0.0969. The third kappa shape index (κ3) is 5.82. The van der Waals surface area contributed by atoms with Crippen LogP contribution < -0.4 is 0 Å². The van der Waals surface area contributed by atoms with Crippen LogP contribution in [0.4, 0.5) is 0 Å². The van der Waals surface area contributed by atoms with Crippen LogP contribution >= 0.6 is 0 Å². The van der Waals surface area contributed by atoms with E-state index in [2.05, 4.69) is 13.8 Å². The van der Waals surface area contributed by atoms with E-state index in [-0.39, 0.29) is 0 Å². The van der Waals surface area contributed by atoms with Crippen LogP contribution in [-0.4, -0.2) is 30.1 Å². The molecule has 0 saturated heterocycles. The highest BCUT2D eigenvalue weighted by Crippen LogP contribution is 2.33. The maximum Gasteiger partial charge on any atom is 0.503 e. The van der Waals surface area contributed by atoms with Crippen molar-refractivity contribution in [1.29, 1.82) is 0 Å². The summed E-state index contributed by atoms with van der Waals surface area (Å²) < 4.78 is 16.8. The SMILES string of the molecule is [CH2]CCC(CCCCCCC)[Si](OC)(OC)OC. The van der Waals surface area contributed by atoms with E-state index < -0.39 is 8.80 Å². The van der Waals surface area contributed by atoms with Crippen molar-refractivity contribution in [2.75, 3.05) is 21.3 Å². The maximum absolute atomic E-state index is 5.60. The Morgan fingerprint density at radius 3 is 1.89 bits per heavy atom. The Kier molecular flexibility index (Phi) is 11.0. The van der Waals surface area contributed by atoms with Gasteiger partial charge in [-0.05, 0) is 12.8 Å². The zero-order valence-corrected chi connectivity index (χ0v) is 13.7. The third-order valence-electron chi connectivity index (χ3n) is 3.56. The number of hydrogen-bond donors (Lipinski definition) is 0. The standard InChI is InChI=1S/C14H31O3Si/c1-6-8-9-10-11-13-14(12-7-2)18(15-3,16-4)17-5/h14H,2,6-13H2,1,3-5H3. The second kappa shape index (κ2) is 11.0. The summed E-state index contributed by atoms with van der Waals surface area (Å²) >= 11 is 0. The first kappa shape index (κ1) is 18.1. The molecule has 109 valence electrons. The van der Waals surface area contributed by atoms with Gasteiger partial charge in [0.15, 0.2) is 0 Å². The lowest BCUT2D eigenvalue weighted by Crippen LogP contribution is -2.47. The van der Waals surface area contributed by atoms with Gasteiger partial charge in [0.1, 0.15) is 0 Å². The van der Waals surface area contributed by atoms with Gasteiger partial charge >= 0.3 is 8.80 Å². The fourth-order valence-electron chi connectivity index (χ4n) is 2.49. The second-order valence-corrected chi connectivity index (χ2v) is 8.01. The van der Waals surface area contributed by atoms with Crippen LogP contribution in [0.2, 0.25) is 5.54 Å². The predicted molar refractivity (Wildman–Crippen MR) is 78.5 cm³/mol. The molecule has 0 heterocycles. The maximum atomic E-state index is 5.60. The topological polar surface area (TPSA) is 27.7 Å². The van der Waals surface area contributed by atoms with Gasteiger partial charge in [0.25, 0.3) is 0 Å². The molecule has 0 saturated carbocycles. The van der Waals surface area contributed by atoms with E-state index in [4.69, 9.17) is 13.3 Å². The summed E-state index contributed by atoms with van der Waals surface area (Å²) in [5, 5.41) is 0. The van der Waals surface area contributed by atoms with Gasteiger partial charge < -0.3 is 13.3 Å². The Bertz CT molecular complexity index is 176. The van der Waals surface area contributed by atoms with E-state index in [1.54, 1.807) is 21.3 Å². The van der Waals surface area contributed by atoms with Gasteiger partial charge in [-0.3, -0.25) is 0 Å². The van der Waals surface area contributed by atoms with Crippen molar-refractivity contribution in [1.82, 2.24) is 0 Å². The van der Waals surface area contributed by atoms with Gasteiger partial charge in [-0.1, -0.05) is 52.4 Å². The lowest BCUT2D eigenvalue weighted by Gasteiger charge is -2.32.